The van der Waals surface area contributed by atoms with Crippen LogP contribution in [-0.2, 0) is 16.0 Å². The predicted octanol–water partition coefficient (Wildman–Crippen LogP) is 3.55. The van der Waals surface area contributed by atoms with Gasteiger partial charge in [0.15, 0.2) is 5.78 Å². The van der Waals surface area contributed by atoms with E-state index in [1.165, 1.54) is 12.0 Å². The zero-order chi connectivity index (χ0) is 14.4. The quantitative estimate of drug-likeness (QED) is 0.797. The van der Waals surface area contributed by atoms with Crippen LogP contribution in [0.2, 0.25) is 0 Å². The number of benzene rings is 1. The third-order valence-corrected chi connectivity index (χ3v) is 4.36. The molecular weight excluding hydrogens is 252 g/mol. The Hall–Kier alpha value is -1.35. The molecule has 1 aromatic rings. The van der Waals surface area contributed by atoms with E-state index in [1.807, 2.05) is 24.3 Å². The minimum atomic E-state index is -0.509. The Morgan fingerprint density at radius 2 is 1.75 bits per heavy atom. The van der Waals surface area contributed by atoms with E-state index in [1.54, 1.807) is 14.2 Å². The lowest BCUT2D eigenvalue weighted by molar-refractivity contribution is -0.145. The second-order valence-corrected chi connectivity index (χ2v) is 5.53. The van der Waals surface area contributed by atoms with Crippen LogP contribution in [0.3, 0.4) is 0 Å². The van der Waals surface area contributed by atoms with Crippen molar-refractivity contribution in [2.75, 3.05) is 14.2 Å². The molecule has 1 aromatic carbocycles. The van der Waals surface area contributed by atoms with E-state index in [-0.39, 0.29) is 5.78 Å². The summed E-state index contributed by atoms with van der Waals surface area (Å²) in [6.07, 6.45) is 6.51. The Labute approximate surface area is 121 Å². The first-order valence-electron chi connectivity index (χ1n) is 7.41. The molecule has 0 saturated heterocycles. The highest BCUT2D eigenvalue weighted by molar-refractivity contribution is 5.87. The van der Waals surface area contributed by atoms with E-state index in [0.717, 1.165) is 37.9 Å². The molecule has 1 fully saturated rings. The topological polar surface area (TPSA) is 35.5 Å². The number of rotatable bonds is 6. The zero-order valence-corrected chi connectivity index (χ0v) is 12.5. The Morgan fingerprint density at radius 1 is 1.10 bits per heavy atom. The number of hydrogen-bond acceptors (Lipinski definition) is 3. The maximum absolute atomic E-state index is 12.5. The van der Waals surface area contributed by atoms with Crippen LogP contribution < -0.4 is 4.74 Å². The summed E-state index contributed by atoms with van der Waals surface area (Å²) >= 11 is 0. The van der Waals surface area contributed by atoms with E-state index in [2.05, 4.69) is 0 Å². The number of carbonyl (C=O) groups is 1. The average Bonchev–Trinajstić information content (AvgIpc) is 2.53. The van der Waals surface area contributed by atoms with Crippen LogP contribution in [0.15, 0.2) is 24.3 Å². The Bertz CT molecular complexity index is 430. The van der Waals surface area contributed by atoms with E-state index in [9.17, 15) is 4.79 Å². The molecule has 1 saturated carbocycles. The van der Waals surface area contributed by atoms with Crippen molar-refractivity contribution in [3.05, 3.63) is 29.8 Å². The van der Waals surface area contributed by atoms with Gasteiger partial charge in [0.2, 0.25) is 0 Å². The molecule has 1 aliphatic rings. The number of hydrogen-bond donors (Lipinski definition) is 0. The van der Waals surface area contributed by atoms with E-state index < -0.39 is 5.60 Å². The lowest BCUT2D eigenvalue weighted by atomic mass is 9.80. The number of carbonyl (C=O) groups excluding carboxylic acids is 1. The highest BCUT2D eigenvalue weighted by Gasteiger charge is 2.38. The molecule has 20 heavy (non-hydrogen) atoms. The molecule has 0 heterocycles. The fraction of sp³-hybridized carbons (Fsp3) is 0.588. The standard InChI is InChI=1S/C17H24O3/c1-19-15-9-6-14(7-10-15)8-11-16(18)17(20-2)12-4-3-5-13-17/h6-7,9-10H,3-5,8,11-13H2,1-2H3. The molecule has 0 unspecified atom stereocenters. The van der Waals surface area contributed by atoms with Crippen LogP contribution in [0, 0.1) is 0 Å². The first-order valence-corrected chi connectivity index (χ1v) is 7.41. The third-order valence-electron chi connectivity index (χ3n) is 4.36. The fourth-order valence-electron chi connectivity index (χ4n) is 3.00. The summed E-state index contributed by atoms with van der Waals surface area (Å²) in [4.78, 5) is 12.5. The largest absolute Gasteiger partial charge is 0.497 e. The smallest absolute Gasteiger partial charge is 0.164 e. The van der Waals surface area contributed by atoms with Crippen molar-refractivity contribution in [1.29, 1.82) is 0 Å². The molecular formula is C17H24O3. The maximum Gasteiger partial charge on any atom is 0.164 e. The molecule has 110 valence electrons. The fourth-order valence-corrected chi connectivity index (χ4v) is 3.00. The summed E-state index contributed by atoms with van der Waals surface area (Å²) in [6, 6.07) is 7.91. The van der Waals surface area contributed by atoms with Crippen molar-refractivity contribution in [2.45, 2.75) is 50.5 Å². The molecule has 3 heteroatoms. The van der Waals surface area contributed by atoms with Crippen molar-refractivity contribution in [3.8, 4) is 5.75 Å². The Kier molecular flexibility index (Phi) is 5.18. The number of ketones is 1. The molecule has 0 aromatic heterocycles. The molecule has 0 radical (unpaired) electrons. The molecule has 3 nitrogen and oxygen atoms in total. The molecule has 0 aliphatic heterocycles. The third kappa shape index (κ3) is 3.40. The van der Waals surface area contributed by atoms with Gasteiger partial charge < -0.3 is 9.47 Å². The molecule has 0 spiro atoms. The van der Waals surface area contributed by atoms with Gasteiger partial charge in [-0.05, 0) is 37.0 Å². The van der Waals surface area contributed by atoms with Crippen LogP contribution >= 0.6 is 0 Å². The second-order valence-electron chi connectivity index (χ2n) is 5.53. The minimum absolute atomic E-state index is 0.260. The highest BCUT2D eigenvalue weighted by Crippen LogP contribution is 2.33. The van der Waals surface area contributed by atoms with Crippen molar-refractivity contribution in [2.24, 2.45) is 0 Å². The molecule has 0 amide bonds. The van der Waals surface area contributed by atoms with Crippen LogP contribution in [-0.4, -0.2) is 25.6 Å². The summed E-state index contributed by atoms with van der Waals surface area (Å²) < 4.78 is 10.7. The summed E-state index contributed by atoms with van der Waals surface area (Å²) in [6.45, 7) is 0. The van der Waals surface area contributed by atoms with Crippen molar-refractivity contribution in [3.63, 3.8) is 0 Å². The Balaban J connectivity index is 1.93. The van der Waals surface area contributed by atoms with Gasteiger partial charge in [0.05, 0.1) is 7.11 Å². The van der Waals surface area contributed by atoms with Gasteiger partial charge in [-0.1, -0.05) is 31.4 Å². The molecule has 0 N–H and O–H groups in total. The lowest BCUT2D eigenvalue weighted by Crippen LogP contribution is -2.42. The SMILES string of the molecule is COc1ccc(CCC(=O)C2(OC)CCCCC2)cc1. The van der Waals surface area contributed by atoms with Crippen LogP contribution in [0.4, 0.5) is 0 Å². The van der Waals surface area contributed by atoms with Gasteiger partial charge in [0.1, 0.15) is 11.4 Å². The number of aryl methyl sites for hydroxylation is 1. The summed E-state index contributed by atoms with van der Waals surface area (Å²) in [5.41, 5.74) is 0.659. The van der Waals surface area contributed by atoms with Gasteiger partial charge in [0.25, 0.3) is 0 Å². The molecule has 2 rings (SSSR count). The van der Waals surface area contributed by atoms with Gasteiger partial charge in [-0.25, -0.2) is 0 Å². The van der Waals surface area contributed by atoms with Gasteiger partial charge in [-0.2, -0.15) is 0 Å². The predicted molar refractivity (Wildman–Crippen MR) is 79.1 cm³/mol. The van der Waals surface area contributed by atoms with E-state index >= 15 is 0 Å². The van der Waals surface area contributed by atoms with E-state index in [4.69, 9.17) is 9.47 Å². The second kappa shape index (κ2) is 6.89. The average molecular weight is 276 g/mol. The Morgan fingerprint density at radius 3 is 2.30 bits per heavy atom. The van der Waals surface area contributed by atoms with Crippen molar-refractivity contribution in [1.82, 2.24) is 0 Å². The number of Topliss-reactive ketones (excluding diaryl/α,β-unsaturated/α-hetero) is 1. The number of ether oxygens (including phenoxy) is 2. The van der Waals surface area contributed by atoms with E-state index in [0.29, 0.717) is 6.42 Å². The van der Waals surface area contributed by atoms with Crippen LogP contribution in [0.25, 0.3) is 0 Å². The molecule has 0 bridgehead atoms. The monoisotopic (exact) mass is 276 g/mol. The molecule has 0 atom stereocenters. The summed E-state index contributed by atoms with van der Waals surface area (Å²) in [5.74, 6) is 1.11. The van der Waals surface area contributed by atoms with Crippen molar-refractivity contribution >= 4 is 5.78 Å². The lowest BCUT2D eigenvalue weighted by Gasteiger charge is -2.34. The van der Waals surface area contributed by atoms with Gasteiger partial charge >= 0.3 is 0 Å². The highest BCUT2D eigenvalue weighted by atomic mass is 16.5. The van der Waals surface area contributed by atoms with Gasteiger partial charge in [0, 0.05) is 13.5 Å². The molecule has 1 aliphatic carbocycles. The summed E-state index contributed by atoms with van der Waals surface area (Å²) in [5, 5.41) is 0. The van der Waals surface area contributed by atoms with Crippen molar-refractivity contribution < 1.29 is 14.3 Å². The summed E-state index contributed by atoms with van der Waals surface area (Å²) in [7, 11) is 3.33. The zero-order valence-electron chi connectivity index (χ0n) is 12.5. The minimum Gasteiger partial charge on any atom is -0.497 e. The first-order chi connectivity index (χ1) is 9.70. The van der Waals surface area contributed by atoms with Gasteiger partial charge in [-0.15, -0.1) is 0 Å². The van der Waals surface area contributed by atoms with Crippen LogP contribution in [0.5, 0.6) is 5.75 Å². The van der Waals surface area contributed by atoms with Crippen LogP contribution in [0.1, 0.15) is 44.1 Å². The normalized spacial score (nSPS) is 17.7. The first kappa shape index (κ1) is 15.0. The number of methoxy groups -OCH3 is 2. The van der Waals surface area contributed by atoms with Gasteiger partial charge in [-0.3, -0.25) is 4.79 Å². The maximum atomic E-state index is 12.5.